The Morgan fingerprint density at radius 1 is 1.25 bits per heavy atom. The number of aliphatic hydroxyl groups is 1. The molecule has 1 aliphatic carbocycles. The summed E-state index contributed by atoms with van der Waals surface area (Å²) in [7, 11) is 0. The Morgan fingerprint density at radius 3 is 2.42 bits per heavy atom. The van der Waals surface area contributed by atoms with Crippen molar-refractivity contribution in [1.82, 2.24) is 5.31 Å². The van der Waals surface area contributed by atoms with Crippen LogP contribution >= 0.6 is 0 Å². The number of carbonyl (C=O) groups is 2. The molecule has 1 fully saturated rings. The van der Waals surface area contributed by atoms with E-state index >= 15 is 0 Å². The molecule has 0 unspecified atom stereocenters. The van der Waals surface area contributed by atoms with Gasteiger partial charge >= 0.3 is 0 Å². The zero-order valence-corrected chi connectivity index (χ0v) is 20.0. The van der Waals surface area contributed by atoms with Crippen LogP contribution in [0.3, 0.4) is 0 Å². The number of carbonyl (C=O) groups excluding carboxylic acids is 2. The third-order valence-corrected chi connectivity index (χ3v) is 4.39. The fourth-order valence-electron chi connectivity index (χ4n) is 3.08. The third kappa shape index (κ3) is 4.08. The molecule has 0 bridgehead atoms. The van der Waals surface area contributed by atoms with E-state index in [2.05, 4.69) is 6.07 Å². The molecular formula is C18H21NO3WY-2. The average Bonchev–Trinajstić information content (AvgIpc) is 2.67. The minimum atomic E-state index is -1.05. The van der Waals surface area contributed by atoms with Gasteiger partial charge in [-0.1, -0.05) is 13.8 Å². The summed E-state index contributed by atoms with van der Waals surface area (Å²) >= 11 is 0. The van der Waals surface area contributed by atoms with Gasteiger partial charge in [-0.25, -0.2) is 0 Å². The van der Waals surface area contributed by atoms with Gasteiger partial charge in [-0.3, -0.25) is 9.59 Å². The van der Waals surface area contributed by atoms with Crippen molar-refractivity contribution in [2.75, 3.05) is 0 Å². The molecule has 1 aromatic carbocycles. The zero-order chi connectivity index (χ0) is 16.1. The molecule has 6 heteroatoms. The first-order valence-electron chi connectivity index (χ1n) is 7.60. The smallest absolute Gasteiger partial charge is 0.214 e. The number of aliphatic hydroxyl groups excluding tert-OH is 1. The molecule has 0 aromatic heterocycles. The molecule has 1 radical (unpaired) electrons. The minimum Gasteiger partial charge on any atom is -0.519 e. The Balaban J connectivity index is 0.00000192. The SMILES string of the molecule is [2H]N1C(=O)C(c2[c-]c(C)ccc2C)=C(O)C12CCC(=O)CC2.[CH3-].[W].[Y]. The van der Waals surface area contributed by atoms with Crippen LogP contribution in [0.1, 0.15) is 42.4 Å². The number of rotatable bonds is 1. The summed E-state index contributed by atoms with van der Waals surface area (Å²) in [4.78, 5) is 24.0. The topological polar surface area (TPSA) is 66.4 Å². The van der Waals surface area contributed by atoms with Crippen LogP contribution < -0.4 is 5.31 Å². The fraction of sp³-hybridized carbons (Fsp3) is 0.389. The average molecular weight is 573 g/mol. The quantitative estimate of drug-likeness (QED) is 0.509. The molecule has 24 heavy (non-hydrogen) atoms. The van der Waals surface area contributed by atoms with E-state index in [0.29, 0.717) is 18.4 Å². The first-order valence-corrected chi connectivity index (χ1v) is 7.15. The maximum Gasteiger partial charge on any atom is 0.214 e. The largest absolute Gasteiger partial charge is 0.519 e. The van der Waals surface area contributed by atoms with E-state index in [9.17, 15) is 14.7 Å². The second kappa shape index (κ2) is 8.87. The van der Waals surface area contributed by atoms with Crippen LogP contribution in [0, 0.1) is 27.3 Å². The summed E-state index contributed by atoms with van der Waals surface area (Å²) in [6.07, 6.45) is 1.19. The summed E-state index contributed by atoms with van der Waals surface area (Å²) < 4.78 is 8.14. The molecule has 2 N–H and O–H groups in total. The molecule has 3 rings (SSSR count). The van der Waals surface area contributed by atoms with E-state index in [1.807, 2.05) is 26.0 Å². The van der Waals surface area contributed by atoms with Gasteiger partial charge in [0, 0.05) is 72.2 Å². The molecule has 0 atom stereocenters. The normalized spacial score (nSPS) is 19.4. The van der Waals surface area contributed by atoms with Gasteiger partial charge in [-0.2, -0.15) is 0 Å². The van der Waals surface area contributed by atoms with Gasteiger partial charge in [0.15, 0.2) is 1.41 Å². The number of hydrogen-bond donors (Lipinski definition) is 2. The summed E-state index contributed by atoms with van der Waals surface area (Å²) in [6, 6.07) is 6.88. The third-order valence-electron chi connectivity index (χ3n) is 4.39. The number of Topliss-reactive ketones (excluding diaryl/α,β-unsaturated/α-hetero) is 1. The molecule has 1 heterocycles. The Labute approximate surface area is 184 Å². The molecule has 4 nitrogen and oxygen atoms in total. The van der Waals surface area contributed by atoms with Gasteiger partial charge in [0.1, 0.15) is 5.78 Å². The molecular weight excluding hydrogens is 551 g/mol. The molecule has 1 amide bonds. The van der Waals surface area contributed by atoms with Crippen molar-refractivity contribution in [3.05, 3.63) is 48.1 Å². The van der Waals surface area contributed by atoms with Crippen LogP contribution in [0.2, 0.25) is 1.41 Å². The minimum absolute atomic E-state index is 0. The van der Waals surface area contributed by atoms with E-state index in [4.69, 9.17) is 1.41 Å². The second-order valence-corrected chi connectivity index (χ2v) is 5.91. The summed E-state index contributed by atoms with van der Waals surface area (Å²) in [6.45, 7) is 3.72. The Morgan fingerprint density at radius 2 is 1.83 bits per heavy atom. The van der Waals surface area contributed by atoms with E-state index in [-0.39, 0.29) is 91.2 Å². The fourth-order valence-corrected chi connectivity index (χ4v) is 3.08. The molecule has 1 aliphatic heterocycles. The Hall–Kier alpha value is -0.308. The number of aryl methyl sites for hydroxylation is 2. The van der Waals surface area contributed by atoms with Crippen LogP contribution in [0.25, 0.3) is 5.57 Å². The van der Waals surface area contributed by atoms with Crippen LogP contribution in [0.4, 0.5) is 0 Å². The van der Waals surface area contributed by atoms with Gasteiger partial charge in [0.2, 0.25) is 5.91 Å². The number of nitrogens with one attached hydrogen (secondary N) is 1. The first-order chi connectivity index (χ1) is 10.4. The van der Waals surface area contributed by atoms with E-state index < -0.39 is 11.4 Å². The predicted octanol–water partition coefficient (Wildman–Crippen LogP) is 2.83. The van der Waals surface area contributed by atoms with Crippen LogP contribution in [0.15, 0.2) is 17.9 Å². The molecule has 1 saturated carbocycles. The van der Waals surface area contributed by atoms with Crippen molar-refractivity contribution in [3.63, 3.8) is 0 Å². The van der Waals surface area contributed by atoms with Crippen molar-refractivity contribution in [3.8, 4) is 0 Å². The van der Waals surface area contributed by atoms with Crippen molar-refractivity contribution >= 4 is 17.3 Å². The number of hydrogen-bond acceptors (Lipinski definition) is 3. The van der Waals surface area contributed by atoms with Crippen molar-refractivity contribution in [2.24, 2.45) is 0 Å². The van der Waals surface area contributed by atoms with E-state index in [1.54, 1.807) is 0 Å². The number of ketones is 1. The maximum absolute atomic E-state index is 12.6. The van der Waals surface area contributed by atoms with Gasteiger partial charge in [-0.15, -0.1) is 34.9 Å². The summed E-state index contributed by atoms with van der Waals surface area (Å²) in [5, 5.41) is 11.6. The van der Waals surface area contributed by atoms with Crippen molar-refractivity contribution in [2.45, 2.75) is 45.1 Å². The van der Waals surface area contributed by atoms with Crippen molar-refractivity contribution in [1.29, 1.82) is 0 Å². The van der Waals surface area contributed by atoms with E-state index in [1.165, 1.54) is 0 Å². The first kappa shape index (κ1) is 21.7. The van der Waals surface area contributed by atoms with E-state index in [0.717, 1.165) is 16.4 Å². The maximum atomic E-state index is 12.6. The molecule has 1 aromatic rings. The van der Waals surface area contributed by atoms with Gasteiger partial charge < -0.3 is 17.8 Å². The molecule has 2 aliphatic rings. The second-order valence-electron chi connectivity index (χ2n) is 5.91. The van der Waals surface area contributed by atoms with Crippen molar-refractivity contribution < 1.29 is 69.9 Å². The van der Waals surface area contributed by atoms with Crippen LogP contribution in [-0.4, -0.2) is 22.3 Å². The molecule has 1 spiro atoms. The monoisotopic (exact) mass is 573 g/mol. The van der Waals surface area contributed by atoms with Gasteiger partial charge in [0.05, 0.1) is 11.3 Å². The molecule has 127 valence electrons. The Bertz CT molecular complexity index is 710. The number of amides is 1. The Kier molecular flexibility index (Phi) is 8.03. The van der Waals surface area contributed by atoms with Crippen LogP contribution in [0.5, 0.6) is 0 Å². The summed E-state index contributed by atoms with van der Waals surface area (Å²) in [5.41, 5.74) is 1.35. The molecule has 0 saturated heterocycles. The van der Waals surface area contributed by atoms with Gasteiger partial charge in [-0.05, 0) is 12.8 Å². The predicted molar refractivity (Wildman–Crippen MR) is 85.1 cm³/mol. The standard InChI is InChI=1S/C17H18NO3.CH3.W.Y/c1-10-3-4-11(2)13(9-10)14-15(20)17(18-16(14)21)7-5-12(19)6-8-17;;;/h3-4,20H,5-8H2,1-2H3,(H,18,21);1H3;;/q2*-1;;/i/hD. The van der Waals surface area contributed by atoms with Gasteiger partial charge in [0.25, 0.3) is 0 Å². The van der Waals surface area contributed by atoms with Crippen LogP contribution in [-0.2, 0) is 63.4 Å². The number of benzene rings is 1. The summed E-state index contributed by atoms with van der Waals surface area (Å²) in [5.74, 6) is -0.479. The zero-order valence-electron chi connectivity index (χ0n) is 15.2.